The zero-order valence-corrected chi connectivity index (χ0v) is 14.1. The number of amides is 2. The van der Waals surface area contributed by atoms with Gasteiger partial charge in [0.15, 0.2) is 0 Å². The Morgan fingerprint density at radius 2 is 1.43 bits per heavy atom. The summed E-state index contributed by atoms with van der Waals surface area (Å²) in [6, 6.07) is 0. The largest absolute Gasteiger partial charge is 0.480 e. The van der Waals surface area contributed by atoms with Crippen molar-refractivity contribution in [3.8, 4) is 0 Å². The molecule has 1 atom stereocenters. The minimum Gasteiger partial charge on any atom is -0.480 e. The summed E-state index contributed by atoms with van der Waals surface area (Å²) in [5.74, 6) is -1.14. The van der Waals surface area contributed by atoms with Crippen molar-refractivity contribution < 1.29 is 19.5 Å². The van der Waals surface area contributed by atoms with E-state index in [1.165, 1.54) is 4.90 Å². The Bertz CT molecular complexity index is 458. The van der Waals surface area contributed by atoms with Gasteiger partial charge in [0, 0.05) is 32.5 Å². The molecule has 6 heteroatoms. The normalized spacial score (nSPS) is 25.8. The third-order valence-corrected chi connectivity index (χ3v) is 5.16. The van der Waals surface area contributed by atoms with Crippen LogP contribution in [0.5, 0.6) is 0 Å². The standard InChI is InChI=1S/C17H28N2O4/c1-17(16(22)23)10-4-7-13-19(17)15(21)9-8-14(20)18-11-5-2-3-6-12-18/h2-13H2,1H3,(H,22,23). The lowest BCUT2D eigenvalue weighted by Crippen LogP contribution is -2.57. The Labute approximate surface area is 137 Å². The monoisotopic (exact) mass is 324 g/mol. The Kier molecular flexibility index (Phi) is 6.02. The highest BCUT2D eigenvalue weighted by atomic mass is 16.4. The van der Waals surface area contributed by atoms with Gasteiger partial charge in [-0.15, -0.1) is 0 Å². The molecule has 1 unspecified atom stereocenters. The number of carbonyl (C=O) groups excluding carboxylic acids is 2. The van der Waals surface area contributed by atoms with E-state index in [2.05, 4.69) is 0 Å². The Hall–Kier alpha value is -1.59. The van der Waals surface area contributed by atoms with Gasteiger partial charge in [0.05, 0.1) is 0 Å². The lowest BCUT2D eigenvalue weighted by molar-refractivity contribution is -0.161. The number of carbonyl (C=O) groups is 3. The number of piperidine rings is 1. The van der Waals surface area contributed by atoms with Crippen LogP contribution in [0.1, 0.15) is 64.7 Å². The predicted octanol–water partition coefficient (Wildman–Crippen LogP) is 2.02. The van der Waals surface area contributed by atoms with Crippen LogP contribution in [0.2, 0.25) is 0 Å². The number of nitrogens with zero attached hydrogens (tertiary/aromatic N) is 2. The van der Waals surface area contributed by atoms with E-state index in [4.69, 9.17) is 0 Å². The number of carboxylic acid groups (broad SMARTS) is 1. The molecule has 6 nitrogen and oxygen atoms in total. The number of rotatable bonds is 4. The average molecular weight is 324 g/mol. The molecule has 0 aromatic rings. The number of hydrogen-bond donors (Lipinski definition) is 1. The van der Waals surface area contributed by atoms with Crippen LogP contribution >= 0.6 is 0 Å². The second-order valence-corrected chi connectivity index (χ2v) is 6.88. The fraction of sp³-hybridized carbons (Fsp3) is 0.824. The van der Waals surface area contributed by atoms with Crippen LogP contribution in [0.3, 0.4) is 0 Å². The molecular weight excluding hydrogens is 296 g/mol. The molecule has 0 saturated carbocycles. The van der Waals surface area contributed by atoms with E-state index in [0.29, 0.717) is 13.0 Å². The minimum absolute atomic E-state index is 0.0225. The van der Waals surface area contributed by atoms with Crippen LogP contribution in [0.15, 0.2) is 0 Å². The first-order valence-electron chi connectivity index (χ1n) is 8.77. The quantitative estimate of drug-likeness (QED) is 0.858. The lowest BCUT2D eigenvalue weighted by Gasteiger charge is -2.41. The Balaban J connectivity index is 1.90. The molecular formula is C17H28N2O4. The summed E-state index contributed by atoms with van der Waals surface area (Å²) in [5.41, 5.74) is -1.12. The molecule has 0 bridgehead atoms. The van der Waals surface area contributed by atoms with E-state index in [1.807, 2.05) is 4.90 Å². The van der Waals surface area contributed by atoms with Crippen molar-refractivity contribution >= 4 is 17.8 Å². The molecule has 0 aromatic carbocycles. The van der Waals surface area contributed by atoms with E-state index < -0.39 is 11.5 Å². The van der Waals surface area contributed by atoms with Crippen molar-refractivity contribution in [2.24, 2.45) is 0 Å². The lowest BCUT2D eigenvalue weighted by atomic mass is 9.88. The molecule has 0 aromatic heterocycles. The number of carboxylic acids is 1. The van der Waals surface area contributed by atoms with Gasteiger partial charge in [-0.3, -0.25) is 9.59 Å². The highest BCUT2D eigenvalue weighted by Crippen LogP contribution is 2.29. The van der Waals surface area contributed by atoms with Crippen molar-refractivity contribution in [1.29, 1.82) is 0 Å². The van der Waals surface area contributed by atoms with Gasteiger partial charge in [0.1, 0.15) is 5.54 Å². The molecule has 0 aliphatic carbocycles. The molecule has 130 valence electrons. The average Bonchev–Trinajstić information content (AvgIpc) is 2.82. The summed E-state index contributed by atoms with van der Waals surface area (Å²) in [7, 11) is 0. The van der Waals surface area contributed by atoms with Crippen LogP contribution in [-0.4, -0.2) is 57.9 Å². The molecule has 2 aliphatic heterocycles. The maximum atomic E-state index is 12.5. The molecule has 2 saturated heterocycles. The van der Waals surface area contributed by atoms with E-state index in [-0.39, 0.29) is 24.7 Å². The zero-order chi connectivity index (χ0) is 16.9. The van der Waals surface area contributed by atoms with Gasteiger partial charge in [-0.25, -0.2) is 4.79 Å². The summed E-state index contributed by atoms with van der Waals surface area (Å²) in [5, 5.41) is 9.46. The third kappa shape index (κ3) is 4.24. The Morgan fingerprint density at radius 1 is 0.870 bits per heavy atom. The Morgan fingerprint density at radius 3 is 2.04 bits per heavy atom. The molecule has 2 fully saturated rings. The van der Waals surface area contributed by atoms with E-state index >= 15 is 0 Å². The summed E-state index contributed by atoms with van der Waals surface area (Å²) in [6.07, 6.45) is 6.80. The van der Waals surface area contributed by atoms with Crippen LogP contribution in [-0.2, 0) is 14.4 Å². The van der Waals surface area contributed by atoms with Gasteiger partial charge < -0.3 is 14.9 Å². The summed E-state index contributed by atoms with van der Waals surface area (Å²) < 4.78 is 0. The van der Waals surface area contributed by atoms with Crippen LogP contribution in [0, 0.1) is 0 Å². The summed E-state index contributed by atoms with van der Waals surface area (Å²) in [4.78, 5) is 39.6. The molecule has 0 spiro atoms. The first-order valence-corrected chi connectivity index (χ1v) is 8.77. The highest BCUT2D eigenvalue weighted by molar-refractivity contribution is 5.89. The van der Waals surface area contributed by atoms with Crippen molar-refractivity contribution in [2.75, 3.05) is 19.6 Å². The second-order valence-electron chi connectivity index (χ2n) is 6.88. The summed E-state index contributed by atoms with van der Waals surface area (Å²) in [6.45, 7) is 3.65. The van der Waals surface area contributed by atoms with Crippen LogP contribution in [0.25, 0.3) is 0 Å². The molecule has 23 heavy (non-hydrogen) atoms. The molecule has 2 aliphatic rings. The number of hydrogen-bond acceptors (Lipinski definition) is 3. The molecule has 2 rings (SSSR count). The zero-order valence-electron chi connectivity index (χ0n) is 14.1. The fourth-order valence-corrected chi connectivity index (χ4v) is 3.57. The fourth-order valence-electron chi connectivity index (χ4n) is 3.57. The van der Waals surface area contributed by atoms with Gasteiger partial charge in [-0.2, -0.15) is 0 Å². The van der Waals surface area contributed by atoms with Gasteiger partial charge in [0.2, 0.25) is 11.8 Å². The van der Waals surface area contributed by atoms with Gasteiger partial charge in [0.25, 0.3) is 0 Å². The molecule has 2 amide bonds. The van der Waals surface area contributed by atoms with Crippen LogP contribution < -0.4 is 0 Å². The summed E-state index contributed by atoms with van der Waals surface area (Å²) >= 11 is 0. The maximum Gasteiger partial charge on any atom is 0.329 e. The van der Waals surface area contributed by atoms with Gasteiger partial charge >= 0.3 is 5.97 Å². The van der Waals surface area contributed by atoms with Gasteiger partial charge in [-0.05, 0) is 39.0 Å². The van der Waals surface area contributed by atoms with Crippen molar-refractivity contribution in [3.63, 3.8) is 0 Å². The van der Waals surface area contributed by atoms with E-state index in [0.717, 1.165) is 51.6 Å². The van der Waals surface area contributed by atoms with Crippen molar-refractivity contribution in [1.82, 2.24) is 9.80 Å². The molecule has 2 heterocycles. The predicted molar refractivity (Wildman–Crippen MR) is 85.9 cm³/mol. The SMILES string of the molecule is CC1(C(=O)O)CCCCN1C(=O)CCC(=O)N1CCCCCC1. The smallest absolute Gasteiger partial charge is 0.329 e. The van der Waals surface area contributed by atoms with Crippen molar-refractivity contribution in [2.45, 2.75) is 70.3 Å². The van der Waals surface area contributed by atoms with Crippen LogP contribution in [0.4, 0.5) is 0 Å². The first kappa shape index (κ1) is 17.8. The highest BCUT2D eigenvalue weighted by Gasteiger charge is 2.43. The van der Waals surface area contributed by atoms with Crippen molar-refractivity contribution in [3.05, 3.63) is 0 Å². The topological polar surface area (TPSA) is 77.9 Å². The second kappa shape index (κ2) is 7.79. The van der Waals surface area contributed by atoms with E-state index in [1.54, 1.807) is 6.92 Å². The first-order chi connectivity index (χ1) is 10.9. The molecule has 0 radical (unpaired) electrons. The maximum absolute atomic E-state index is 12.5. The van der Waals surface area contributed by atoms with E-state index in [9.17, 15) is 19.5 Å². The third-order valence-electron chi connectivity index (χ3n) is 5.16. The number of likely N-dealkylation sites (tertiary alicyclic amines) is 2. The van der Waals surface area contributed by atoms with Gasteiger partial charge in [-0.1, -0.05) is 12.8 Å². The number of aliphatic carboxylic acids is 1. The molecule has 1 N–H and O–H groups in total. The minimum atomic E-state index is -1.12.